The van der Waals surface area contributed by atoms with E-state index < -0.39 is 0 Å². The first kappa shape index (κ1) is 9.77. The van der Waals surface area contributed by atoms with Gasteiger partial charge in [0.05, 0.1) is 5.52 Å². The number of aromatic nitrogens is 1. The Hall–Kier alpha value is -1.32. The summed E-state index contributed by atoms with van der Waals surface area (Å²) < 4.78 is 0. The molecule has 0 aliphatic rings. The number of benzene rings is 1. The maximum absolute atomic E-state index is 5.27. The van der Waals surface area contributed by atoms with Gasteiger partial charge in [0.1, 0.15) is 0 Å². The maximum Gasteiger partial charge on any atom is 0.0703 e. The maximum atomic E-state index is 5.27. The van der Waals surface area contributed by atoms with Crippen molar-refractivity contribution in [2.24, 2.45) is 5.84 Å². The second-order valence-electron chi connectivity index (χ2n) is 2.56. The zero-order chi connectivity index (χ0) is 8.39. The summed E-state index contributed by atoms with van der Waals surface area (Å²) >= 11 is 0. The van der Waals surface area contributed by atoms with E-state index in [-0.39, 0.29) is 12.4 Å². The summed E-state index contributed by atoms with van der Waals surface area (Å²) in [5.74, 6) is 5.27. The molecule has 1 heterocycles. The van der Waals surface area contributed by atoms with E-state index in [0.717, 1.165) is 16.6 Å². The number of nitrogens with two attached hydrogens (primary N) is 1. The van der Waals surface area contributed by atoms with Crippen LogP contribution in [0.15, 0.2) is 36.5 Å². The summed E-state index contributed by atoms with van der Waals surface area (Å²) in [6.07, 6.45) is 1.78. The molecule has 0 bridgehead atoms. The highest BCUT2D eigenvalue weighted by molar-refractivity contribution is 5.85. The molecule has 0 saturated heterocycles. The molecule has 1 aromatic carbocycles. The second-order valence-corrected chi connectivity index (χ2v) is 2.56. The van der Waals surface area contributed by atoms with E-state index in [1.54, 1.807) is 6.20 Å². The highest BCUT2D eigenvalue weighted by Crippen LogP contribution is 2.15. The molecule has 2 aromatic rings. The third kappa shape index (κ3) is 1.88. The van der Waals surface area contributed by atoms with Crippen LogP contribution in [0, 0.1) is 0 Å². The molecule has 0 spiro atoms. The molecule has 1 aromatic heterocycles. The molecular formula is C9H10ClN3. The first-order chi connectivity index (χ1) is 5.90. The number of hydrogen-bond donors (Lipinski definition) is 2. The Balaban J connectivity index is 0.000000845. The van der Waals surface area contributed by atoms with Crippen molar-refractivity contribution in [1.82, 2.24) is 4.98 Å². The standard InChI is InChI=1S/C9H9N3.ClH/c10-12-8-3-4-9-7(6-8)2-1-5-11-9;/h1-6,12H,10H2;1H. The predicted octanol–water partition coefficient (Wildman–Crippen LogP) is 1.94. The van der Waals surface area contributed by atoms with Crippen molar-refractivity contribution in [3.63, 3.8) is 0 Å². The molecule has 3 N–H and O–H groups in total. The number of fused-ring (bicyclic) bond motifs is 1. The highest BCUT2D eigenvalue weighted by atomic mass is 35.5. The molecule has 0 saturated carbocycles. The number of hydrogen-bond acceptors (Lipinski definition) is 3. The van der Waals surface area contributed by atoms with Gasteiger partial charge < -0.3 is 5.43 Å². The number of nitrogens with zero attached hydrogens (tertiary/aromatic N) is 1. The van der Waals surface area contributed by atoms with Crippen LogP contribution in [0.4, 0.5) is 5.69 Å². The van der Waals surface area contributed by atoms with Crippen molar-refractivity contribution in [1.29, 1.82) is 0 Å². The number of hydrazine groups is 1. The van der Waals surface area contributed by atoms with E-state index in [1.807, 2.05) is 30.3 Å². The molecule has 0 fully saturated rings. The van der Waals surface area contributed by atoms with Crippen molar-refractivity contribution in [3.8, 4) is 0 Å². The number of nitrogen functional groups attached to an aromatic ring is 1. The summed E-state index contributed by atoms with van der Waals surface area (Å²) in [5.41, 5.74) is 4.47. The minimum atomic E-state index is 0. The normalized spacial score (nSPS) is 9.31. The number of pyridine rings is 1. The van der Waals surface area contributed by atoms with Crippen LogP contribution >= 0.6 is 12.4 Å². The van der Waals surface area contributed by atoms with E-state index in [2.05, 4.69) is 10.4 Å². The lowest BCUT2D eigenvalue weighted by atomic mass is 10.2. The van der Waals surface area contributed by atoms with Crippen molar-refractivity contribution < 1.29 is 0 Å². The fourth-order valence-electron chi connectivity index (χ4n) is 1.17. The lowest BCUT2D eigenvalue weighted by Gasteiger charge is -2.00. The Kier molecular flexibility index (Phi) is 3.06. The molecule has 0 aliphatic heterocycles. The number of halogens is 1. The van der Waals surface area contributed by atoms with E-state index in [9.17, 15) is 0 Å². The number of nitrogens with one attached hydrogen (secondary N) is 1. The van der Waals surface area contributed by atoms with Crippen LogP contribution in [0.2, 0.25) is 0 Å². The minimum Gasteiger partial charge on any atom is -0.324 e. The Morgan fingerprint density at radius 3 is 2.85 bits per heavy atom. The zero-order valence-corrected chi connectivity index (χ0v) is 7.71. The van der Waals surface area contributed by atoms with Crippen LogP contribution in [0.3, 0.4) is 0 Å². The van der Waals surface area contributed by atoms with E-state index in [1.165, 1.54) is 0 Å². The molecule has 3 nitrogen and oxygen atoms in total. The molecular weight excluding hydrogens is 186 g/mol. The van der Waals surface area contributed by atoms with E-state index >= 15 is 0 Å². The lowest BCUT2D eigenvalue weighted by molar-refractivity contribution is 1.35. The first-order valence-corrected chi connectivity index (χ1v) is 3.71. The van der Waals surface area contributed by atoms with Gasteiger partial charge in [0.25, 0.3) is 0 Å². The molecule has 2 rings (SSSR count). The fourth-order valence-corrected chi connectivity index (χ4v) is 1.17. The van der Waals surface area contributed by atoms with Gasteiger partial charge in [0.15, 0.2) is 0 Å². The van der Waals surface area contributed by atoms with Gasteiger partial charge in [-0.05, 0) is 24.3 Å². The highest BCUT2D eigenvalue weighted by Gasteiger charge is 1.93. The van der Waals surface area contributed by atoms with Crippen LogP contribution in [0.1, 0.15) is 0 Å². The molecule has 13 heavy (non-hydrogen) atoms. The summed E-state index contributed by atoms with van der Waals surface area (Å²) in [6.45, 7) is 0. The lowest BCUT2D eigenvalue weighted by Crippen LogP contribution is -2.06. The molecule has 68 valence electrons. The van der Waals surface area contributed by atoms with Gasteiger partial charge in [-0.2, -0.15) is 0 Å². The Bertz CT molecular complexity index is 403. The monoisotopic (exact) mass is 195 g/mol. The van der Waals surface area contributed by atoms with Gasteiger partial charge >= 0.3 is 0 Å². The van der Waals surface area contributed by atoms with Gasteiger partial charge in [-0.15, -0.1) is 12.4 Å². The Morgan fingerprint density at radius 1 is 1.23 bits per heavy atom. The Labute approximate surface area is 82.3 Å². The molecule has 4 heteroatoms. The molecule has 0 atom stereocenters. The van der Waals surface area contributed by atoms with Crippen molar-refractivity contribution in [3.05, 3.63) is 36.5 Å². The zero-order valence-electron chi connectivity index (χ0n) is 6.90. The summed E-state index contributed by atoms with van der Waals surface area (Å²) in [7, 11) is 0. The number of rotatable bonds is 1. The first-order valence-electron chi connectivity index (χ1n) is 3.71. The van der Waals surface area contributed by atoms with E-state index in [0.29, 0.717) is 0 Å². The van der Waals surface area contributed by atoms with Gasteiger partial charge in [-0.25, -0.2) is 0 Å². The average molecular weight is 196 g/mol. The minimum absolute atomic E-state index is 0. The molecule has 0 radical (unpaired) electrons. The van der Waals surface area contributed by atoms with Crippen LogP contribution in [0.25, 0.3) is 10.9 Å². The summed E-state index contributed by atoms with van der Waals surface area (Å²) in [6, 6.07) is 9.70. The topological polar surface area (TPSA) is 50.9 Å². The Morgan fingerprint density at radius 2 is 2.08 bits per heavy atom. The molecule has 0 amide bonds. The third-order valence-corrected chi connectivity index (χ3v) is 1.77. The van der Waals surface area contributed by atoms with Gasteiger partial charge in [-0.3, -0.25) is 10.8 Å². The number of anilines is 1. The summed E-state index contributed by atoms with van der Waals surface area (Å²) in [4.78, 5) is 4.19. The SMILES string of the molecule is Cl.NNc1ccc2ncccc2c1. The van der Waals surface area contributed by atoms with Crippen LogP contribution in [-0.2, 0) is 0 Å². The van der Waals surface area contributed by atoms with Gasteiger partial charge in [-0.1, -0.05) is 6.07 Å². The largest absolute Gasteiger partial charge is 0.324 e. The second kappa shape index (κ2) is 4.07. The van der Waals surface area contributed by atoms with Crippen molar-refractivity contribution in [2.45, 2.75) is 0 Å². The predicted molar refractivity (Wildman–Crippen MR) is 56.8 cm³/mol. The fraction of sp³-hybridized carbons (Fsp3) is 0. The van der Waals surface area contributed by atoms with Crippen LogP contribution in [-0.4, -0.2) is 4.98 Å². The van der Waals surface area contributed by atoms with Crippen molar-refractivity contribution in [2.75, 3.05) is 5.43 Å². The third-order valence-electron chi connectivity index (χ3n) is 1.77. The van der Waals surface area contributed by atoms with Gasteiger partial charge in [0, 0.05) is 17.3 Å². The van der Waals surface area contributed by atoms with Gasteiger partial charge in [0.2, 0.25) is 0 Å². The van der Waals surface area contributed by atoms with E-state index in [4.69, 9.17) is 5.84 Å². The quantitative estimate of drug-likeness (QED) is 0.540. The molecule has 0 aliphatic carbocycles. The van der Waals surface area contributed by atoms with Crippen molar-refractivity contribution >= 4 is 29.0 Å². The van der Waals surface area contributed by atoms with Crippen LogP contribution < -0.4 is 11.3 Å². The average Bonchev–Trinajstić information content (AvgIpc) is 2.17. The van der Waals surface area contributed by atoms with Crippen LogP contribution in [0.5, 0.6) is 0 Å². The molecule has 0 unspecified atom stereocenters. The summed E-state index contributed by atoms with van der Waals surface area (Å²) in [5, 5.41) is 1.09. The smallest absolute Gasteiger partial charge is 0.0703 e.